The van der Waals surface area contributed by atoms with Crippen LogP contribution < -0.4 is 5.32 Å². The summed E-state index contributed by atoms with van der Waals surface area (Å²) in [5.74, 6) is -0.414. The number of carbonyl (C=O) groups excluding carboxylic acids is 1. The van der Waals surface area contributed by atoms with E-state index in [1.54, 1.807) is 0 Å². The van der Waals surface area contributed by atoms with E-state index < -0.39 is 27.7 Å². The Labute approximate surface area is 199 Å². The van der Waals surface area contributed by atoms with Crippen molar-refractivity contribution in [1.82, 2.24) is 19.5 Å². The van der Waals surface area contributed by atoms with E-state index >= 15 is 0 Å². The van der Waals surface area contributed by atoms with Crippen LogP contribution in [0.3, 0.4) is 0 Å². The number of benzene rings is 1. The Morgan fingerprint density at radius 3 is 2.37 bits per heavy atom. The molecule has 1 amide bonds. The number of nitrogens with zero attached hydrogens (tertiary/aromatic N) is 4. The van der Waals surface area contributed by atoms with Crippen molar-refractivity contribution in [2.24, 2.45) is 11.8 Å². The molecule has 1 saturated heterocycles. The first-order valence-corrected chi connectivity index (χ1v) is 12.1. The third-order valence-corrected chi connectivity index (χ3v) is 7.35. The summed E-state index contributed by atoms with van der Waals surface area (Å²) in [6.07, 6.45) is -1.16. The molecule has 2 aromatic heterocycles. The minimum atomic E-state index is -4.48. The Morgan fingerprint density at radius 2 is 1.74 bits per heavy atom. The summed E-state index contributed by atoms with van der Waals surface area (Å²) in [4.78, 5) is 16.5. The number of hydrogen-bond donors (Lipinski definition) is 1. The van der Waals surface area contributed by atoms with Gasteiger partial charge in [-0.05, 0) is 48.6 Å². The summed E-state index contributed by atoms with van der Waals surface area (Å²) >= 11 is 0. The highest BCUT2D eigenvalue weighted by molar-refractivity contribution is 7.89. The van der Waals surface area contributed by atoms with Crippen LogP contribution in [-0.2, 0) is 16.2 Å². The second kappa shape index (κ2) is 9.38. The van der Waals surface area contributed by atoms with E-state index in [-0.39, 0.29) is 39.8 Å². The molecule has 35 heavy (non-hydrogen) atoms. The molecule has 3 heterocycles. The number of hydrogen-bond acceptors (Lipinski definition) is 7. The fraction of sp³-hybridized carbons (Fsp3) is 0.364. The first kappa shape index (κ1) is 24.8. The van der Waals surface area contributed by atoms with Crippen molar-refractivity contribution in [3.63, 3.8) is 0 Å². The number of sulfonamides is 1. The van der Waals surface area contributed by atoms with Crippen LogP contribution in [0.2, 0.25) is 0 Å². The maximum absolute atomic E-state index is 13.1. The SMILES string of the molecule is C[C@@H]1C[C@H](C)CN(S(=O)(=O)c2cncc(C(=O)Nc3nnc(-c4ccc(C(F)(F)F)cc4)o3)c2)C1. The molecule has 186 valence electrons. The van der Waals surface area contributed by atoms with Gasteiger partial charge in [0.05, 0.1) is 11.1 Å². The molecule has 1 N–H and O–H groups in total. The smallest absolute Gasteiger partial charge is 0.403 e. The molecular formula is C22H22F3N5O4S. The lowest BCUT2D eigenvalue weighted by atomic mass is 9.94. The predicted molar refractivity (Wildman–Crippen MR) is 119 cm³/mol. The van der Waals surface area contributed by atoms with Gasteiger partial charge in [-0.3, -0.25) is 15.1 Å². The molecule has 0 bridgehead atoms. The Balaban J connectivity index is 1.49. The van der Waals surface area contributed by atoms with Gasteiger partial charge in [0.15, 0.2) is 0 Å². The van der Waals surface area contributed by atoms with Crippen molar-refractivity contribution in [1.29, 1.82) is 0 Å². The Hall–Kier alpha value is -3.32. The minimum Gasteiger partial charge on any atom is -0.403 e. The average Bonchev–Trinajstić information content (AvgIpc) is 3.26. The second-order valence-corrected chi connectivity index (χ2v) is 10.6. The molecule has 2 atom stereocenters. The molecule has 1 aliphatic rings. The van der Waals surface area contributed by atoms with Gasteiger partial charge in [-0.15, -0.1) is 5.10 Å². The third kappa shape index (κ3) is 5.51. The third-order valence-electron chi connectivity index (χ3n) is 5.55. The number of halogens is 3. The van der Waals surface area contributed by atoms with Crippen LogP contribution in [0, 0.1) is 11.8 Å². The first-order valence-electron chi connectivity index (χ1n) is 10.7. The Kier molecular flexibility index (Phi) is 6.64. The summed E-state index contributed by atoms with van der Waals surface area (Å²) in [6, 6.07) is 5.00. The highest BCUT2D eigenvalue weighted by Crippen LogP contribution is 2.31. The number of anilines is 1. The molecular weight excluding hydrogens is 487 g/mol. The number of piperidine rings is 1. The normalized spacial score (nSPS) is 19.5. The molecule has 13 heteroatoms. The molecule has 0 unspecified atom stereocenters. The topological polar surface area (TPSA) is 118 Å². The molecule has 9 nitrogen and oxygen atoms in total. The Morgan fingerprint density at radius 1 is 1.09 bits per heavy atom. The highest BCUT2D eigenvalue weighted by Gasteiger charge is 2.32. The molecule has 1 aliphatic heterocycles. The Bertz CT molecular complexity index is 1320. The van der Waals surface area contributed by atoms with Crippen molar-refractivity contribution in [3.8, 4) is 11.5 Å². The molecule has 1 aromatic carbocycles. The molecule has 0 spiro atoms. The number of nitrogens with one attached hydrogen (secondary N) is 1. The summed E-state index contributed by atoms with van der Waals surface area (Å²) in [5.41, 5.74) is -0.644. The number of amides is 1. The maximum Gasteiger partial charge on any atom is 0.416 e. The standard InChI is InChI=1S/C22H22F3N5O4S/c1-13-7-14(2)12-30(11-13)35(32,33)18-8-16(9-26-10-18)19(31)27-21-29-28-20(34-21)15-3-5-17(6-4-15)22(23,24)25/h3-6,8-10,13-14H,7,11-12H2,1-2H3,(H,27,29,31)/t13-,14+. The van der Waals surface area contributed by atoms with Gasteiger partial charge in [0, 0.05) is 31.0 Å². The van der Waals surface area contributed by atoms with Crippen LogP contribution in [-0.4, -0.2) is 46.9 Å². The van der Waals surface area contributed by atoms with Gasteiger partial charge in [0.1, 0.15) is 4.90 Å². The van der Waals surface area contributed by atoms with E-state index in [2.05, 4.69) is 20.5 Å². The lowest BCUT2D eigenvalue weighted by Gasteiger charge is -2.33. The molecule has 4 rings (SSSR count). The van der Waals surface area contributed by atoms with Crippen molar-refractivity contribution >= 4 is 21.9 Å². The lowest BCUT2D eigenvalue weighted by Crippen LogP contribution is -2.42. The summed E-state index contributed by atoms with van der Waals surface area (Å²) in [5, 5.41) is 9.75. The zero-order valence-electron chi connectivity index (χ0n) is 18.8. The van der Waals surface area contributed by atoms with Gasteiger partial charge >= 0.3 is 12.2 Å². The van der Waals surface area contributed by atoms with E-state index in [9.17, 15) is 26.4 Å². The largest absolute Gasteiger partial charge is 0.416 e. The first-order chi connectivity index (χ1) is 16.4. The van der Waals surface area contributed by atoms with Crippen molar-refractivity contribution in [2.45, 2.75) is 31.3 Å². The lowest BCUT2D eigenvalue weighted by molar-refractivity contribution is -0.137. The van der Waals surface area contributed by atoms with Gasteiger partial charge in [0.2, 0.25) is 15.9 Å². The van der Waals surface area contributed by atoms with Crippen molar-refractivity contribution in [3.05, 3.63) is 53.9 Å². The molecule has 1 fully saturated rings. The van der Waals surface area contributed by atoms with Crippen LogP contribution >= 0.6 is 0 Å². The van der Waals surface area contributed by atoms with Crippen molar-refractivity contribution < 1.29 is 30.8 Å². The van der Waals surface area contributed by atoms with Gasteiger partial charge in [0.25, 0.3) is 5.91 Å². The van der Waals surface area contributed by atoms with Crippen LogP contribution in [0.1, 0.15) is 36.2 Å². The summed E-state index contributed by atoms with van der Waals surface area (Å²) in [6.45, 7) is 4.75. The summed E-state index contributed by atoms with van der Waals surface area (Å²) in [7, 11) is -3.84. The number of rotatable bonds is 5. The number of carbonyl (C=O) groups is 1. The quantitative estimate of drug-likeness (QED) is 0.551. The highest BCUT2D eigenvalue weighted by atomic mass is 32.2. The van der Waals surface area contributed by atoms with E-state index in [4.69, 9.17) is 4.42 Å². The fourth-order valence-electron chi connectivity index (χ4n) is 4.00. The number of pyridine rings is 1. The van der Waals surface area contributed by atoms with E-state index in [1.807, 2.05) is 13.8 Å². The zero-order chi connectivity index (χ0) is 25.4. The van der Waals surface area contributed by atoms with Crippen LogP contribution in [0.15, 0.2) is 52.0 Å². The van der Waals surface area contributed by atoms with E-state index in [0.717, 1.165) is 18.6 Å². The monoisotopic (exact) mass is 509 g/mol. The average molecular weight is 510 g/mol. The van der Waals surface area contributed by atoms with Crippen molar-refractivity contribution in [2.75, 3.05) is 18.4 Å². The van der Waals surface area contributed by atoms with Crippen LogP contribution in [0.4, 0.5) is 19.2 Å². The molecule has 0 saturated carbocycles. The number of alkyl halides is 3. The predicted octanol–water partition coefficient (Wildman–Crippen LogP) is 4.07. The van der Waals surface area contributed by atoms with E-state index in [0.29, 0.717) is 13.1 Å². The van der Waals surface area contributed by atoms with E-state index in [1.165, 1.54) is 34.9 Å². The molecule has 0 aliphatic carbocycles. The maximum atomic E-state index is 13.1. The fourth-order valence-corrected chi connectivity index (χ4v) is 5.67. The van der Waals surface area contributed by atoms with Crippen LogP contribution in [0.5, 0.6) is 0 Å². The van der Waals surface area contributed by atoms with Crippen LogP contribution in [0.25, 0.3) is 11.5 Å². The minimum absolute atomic E-state index is 0.0431. The molecule has 3 aromatic rings. The van der Waals surface area contributed by atoms with Gasteiger partial charge in [-0.2, -0.15) is 17.5 Å². The van der Waals surface area contributed by atoms with Gasteiger partial charge in [-0.25, -0.2) is 8.42 Å². The van der Waals surface area contributed by atoms with Gasteiger partial charge in [-0.1, -0.05) is 18.9 Å². The molecule has 0 radical (unpaired) electrons. The summed E-state index contributed by atoms with van der Waals surface area (Å²) < 4.78 is 71.1. The zero-order valence-corrected chi connectivity index (χ0v) is 19.6. The second-order valence-electron chi connectivity index (χ2n) is 8.62. The van der Waals surface area contributed by atoms with Gasteiger partial charge < -0.3 is 4.42 Å². The number of aromatic nitrogens is 3.